The van der Waals surface area contributed by atoms with Crippen LogP contribution in [-0.2, 0) is 13.5 Å². The second kappa shape index (κ2) is 7.07. The van der Waals surface area contributed by atoms with E-state index in [-0.39, 0.29) is 5.41 Å². The molecule has 0 aliphatic carbocycles. The molecule has 1 nitrogen and oxygen atoms in total. The summed E-state index contributed by atoms with van der Waals surface area (Å²) in [4.78, 5) is 0. The lowest BCUT2D eigenvalue weighted by Gasteiger charge is -2.19. The molecule has 0 amide bonds. The molecule has 3 aromatic rings. The minimum Gasteiger partial charge on any atom is -0.201 e. The standard InChI is InChI=1S/C25H30N/c1-18-12-13-21(20-10-8-7-9-11-20)14-23(18)24-15-22(16-25(3,4)5)19(2)17-26(24)6/h7-15,17H,16H2,1-6H3/q+1. The summed E-state index contributed by atoms with van der Waals surface area (Å²) in [7, 11) is 2.15. The van der Waals surface area contributed by atoms with Crippen molar-refractivity contribution in [2.24, 2.45) is 12.5 Å². The van der Waals surface area contributed by atoms with Crippen LogP contribution >= 0.6 is 0 Å². The Labute approximate surface area is 158 Å². The van der Waals surface area contributed by atoms with E-state index in [1.54, 1.807) is 0 Å². The molecule has 0 unspecified atom stereocenters. The van der Waals surface area contributed by atoms with Crippen LogP contribution in [0.5, 0.6) is 0 Å². The van der Waals surface area contributed by atoms with Gasteiger partial charge in [0.2, 0.25) is 5.69 Å². The van der Waals surface area contributed by atoms with E-state index in [4.69, 9.17) is 0 Å². The molecule has 0 bridgehead atoms. The number of aryl methyl sites for hydroxylation is 3. The van der Waals surface area contributed by atoms with Crippen LogP contribution in [0.3, 0.4) is 0 Å². The Morgan fingerprint density at radius 1 is 0.808 bits per heavy atom. The smallest absolute Gasteiger partial charge is 0.201 e. The third-order valence-corrected chi connectivity index (χ3v) is 4.93. The first kappa shape index (κ1) is 18.4. The van der Waals surface area contributed by atoms with Crippen LogP contribution in [0.15, 0.2) is 60.8 Å². The van der Waals surface area contributed by atoms with E-state index < -0.39 is 0 Å². The maximum atomic E-state index is 2.39. The molecular formula is C25H30N+. The largest absolute Gasteiger partial charge is 0.212 e. The summed E-state index contributed by atoms with van der Waals surface area (Å²) in [5.74, 6) is 0. The Balaban J connectivity index is 2.13. The summed E-state index contributed by atoms with van der Waals surface area (Å²) in [6.45, 7) is 11.3. The number of pyridine rings is 1. The molecule has 3 rings (SSSR count). The summed E-state index contributed by atoms with van der Waals surface area (Å²) >= 11 is 0. The highest BCUT2D eigenvalue weighted by molar-refractivity contribution is 5.73. The van der Waals surface area contributed by atoms with Gasteiger partial charge in [-0.25, -0.2) is 4.57 Å². The number of aromatic nitrogens is 1. The summed E-state index contributed by atoms with van der Waals surface area (Å²) in [5.41, 5.74) is 9.52. The van der Waals surface area contributed by atoms with Crippen LogP contribution in [0.25, 0.3) is 22.4 Å². The third-order valence-electron chi connectivity index (χ3n) is 4.93. The van der Waals surface area contributed by atoms with Crippen LogP contribution in [0.1, 0.15) is 37.5 Å². The molecule has 1 heteroatoms. The van der Waals surface area contributed by atoms with Crippen molar-refractivity contribution >= 4 is 0 Å². The second-order valence-corrected chi connectivity index (χ2v) is 8.61. The van der Waals surface area contributed by atoms with Gasteiger partial charge in [0.1, 0.15) is 7.05 Å². The highest BCUT2D eigenvalue weighted by Gasteiger charge is 2.20. The van der Waals surface area contributed by atoms with Gasteiger partial charge in [-0.15, -0.1) is 0 Å². The molecular weight excluding hydrogens is 314 g/mol. The number of rotatable bonds is 3. The van der Waals surface area contributed by atoms with Gasteiger partial charge >= 0.3 is 0 Å². The maximum Gasteiger partial charge on any atom is 0.212 e. The van der Waals surface area contributed by atoms with E-state index >= 15 is 0 Å². The van der Waals surface area contributed by atoms with Crippen LogP contribution in [0.2, 0.25) is 0 Å². The molecule has 0 atom stereocenters. The van der Waals surface area contributed by atoms with Gasteiger partial charge in [-0.3, -0.25) is 0 Å². The molecule has 0 fully saturated rings. The van der Waals surface area contributed by atoms with Gasteiger partial charge in [0.15, 0.2) is 6.20 Å². The van der Waals surface area contributed by atoms with Gasteiger partial charge in [0.25, 0.3) is 0 Å². The predicted octanol–water partition coefficient (Wildman–Crippen LogP) is 6.05. The molecule has 1 aromatic heterocycles. The quantitative estimate of drug-likeness (QED) is 0.509. The second-order valence-electron chi connectivity index (χ2n) is 8.61. The molecule has 0 N–H and O–H groups in total. The molecule has 2 aromatic carbocycles. The number of hydrogen-bond donors (Lipinski definition) is 0. The summed E-state index contributed by atoms with van der Waals surface area (Å²) in [5, 5.41) is 0. The van der Waals surface area contributed by atoms with Crippen molar-refractivity contribution in [1.29, 1.82) is 0 Å². The van der Waals surface area contributed by atoms with E-state index in [1.165, 1.54) is 39.1 Å². The topological polar surface area (TPSA) is 3.88 Å². The molecule has 0 saturated carbocycles. The lowest BCUT2D eigenvalue weighted by atomic mass is 9.86. The van der Waals surface area contributed by atoms with Crippen molar-refractivity contribution in [1.82, 2.24) is 0 Å². The molecule has 0 saturated heterocycles. The molecule has 1 heterocycles. The van der Waals surface area contributed by atoms with E-state index in [0.717, 1.165) is 6.42 Å². The van der Waals surface area contributed by atoms with Crippen molar-refractivity contribution in [2.45, 2.75) is 41.0 Å². The van der Waals surface area contributed by atoms with Gasteiger partial charge in [-0.1, -0.05) is 63.2 Å². The van der Waals surface area contributed by atoms with E-state index in [2.05, 4.69) is 107 Å². The summed E-state index contributed by atoms with van der Waals surface area (Å²) in [6, 6.07) is 19.8. The van der Waals surface area contributed by atoms with Gasteiger partial charge < -0.3 is 0 Å². The maximum absolute atomic E-state index is 2.39. The molecule has 0 spiro atoms. The van der Waals surface area contributed by atoms with Crippen LogP contribution in [-0.4, -0.2) is 0 Å². The Hall–Kier alpha value is -2.41. The fraction of sp³-hybridized carbons (Fsp3) is 0.320. The minimum absolute atomic E-state index is 0.281. The average molecular weight is 345 g/mol. The van der Waals surface area contributed by atoms with Gasteiger partial charge in [-0.2, -0.15) is 0 Å². The fourth-order valence-electron chi connectivity index (χ4n) is 3.56. The van der Waals surface area contributed by atoms with Crippen molar-refractivity contribution in [3.8, 4) is 22.4 Å². The monoisotopic (exact) mass is 344 g/mol. The van der Waals surface area contributed by atoms with Crippen LogP contribution in [0, 0.1) is 19.3 Å². The lowest BCUT2D eigenvalue weighted by Crippen LogP contribution is -2.32. The van der Waals surface area contributed by atoms with E-state index in [9.17, 15) is 0 Å². The normalized spacial score (nSPS) is 11.6. The first-order valence-corrected chi connectivity index (χ1v) is 9.40. The zero-order valence-corrected chi connectivity index (χ0v) is 16.9. The lowest BCUT2D eigenvalue weighted by molar-refractivity contribution is -0.660. The zero-order chi connectivity index (χ0) is 18.9. The highest BCUT2D eigenvalue weighted by Crippen LogP contribution is 2.30. The van der Waals surface area contributed by atoms with Crippen LogP contribution in [0.4, 0.5) is 0 Å². The van der Waals surface area contributed by atoms with Gasteiger partial charge in [-0.05, 0) is 54.0 Å². The first-order valence-electron chi connectivity index (χ1n) is 9.40. The predicted molar refractivity (Wildman–Crippen MR) is 111 cm³/mol. The number of hydrogen-bond acceptors (Lipinski definition) is 0. The van der Waals surface area contributed by atoms with Crippen molar-refractivity contribution < 1.29 is 4.57 Å². The van der Waals surface area contributed by atoms with Crippen LogP contribution < -0.4 is 4.57 Å². The average Bonchev–Trinajstić information content (AvgIpc) is 2.58. The first-order chi connectivity index (χ1) is 12.2. The number of nitrogens with zero attached hydrogens (tertiary/aromatic N) is 1. The summed E-state index contributed by atoms with van der Waals surface area (Å²) in [6.07, 6.45) is 3.36. The Morgan fingerprint density at radius 3 is 2.15 bits per heavy atom. The summed E-state index contributed by atoms with van der Waals surface area (Å²) < 4.78 is 2.26. The van der Waals surface area contributed by atoms with Gasteiger partial charge in [0, 0.05) is 17.2 Å². The molecule has 134 valence electrons. The Kier molecular flexibility index (Phi) is 5.00. The number of benzene rings is 2. The van der Waals surface area contributed by atoms with Gasteiger partial charge in [0.05, 0.1) is 0 Å². The fourth-order valence-corrected chi connectivity index (χ4v) is 3.56. The third kappa shape index (κ3) is 4.04. The highest BCUT2D eigenvalue weighted by atomic mass is 14.9. The van der Waals surface area contributed by atoms with E-state index in [1.807, 2.05) is 0 Å². The van der Waals surface area contributed by atoms with E-state index in [0.29, 0.717) is 0 Å². The minimum atomic E-state index is 0.281. The van der Waals surface area contributed by atoms with Crippen molar-refractivity contribution in [3.05, 3.63) is 77.5 Å². The molecule has 0 aliphatic heterocycles. The molecule has 0 aliphatic rings. The molecule has 0 radical (unpaired) electrons. The zero-order valence-electron chi connectivity index (χ0n) is 16.9. The van der Waals surface area contributed by atoms with Crippen molar-refractivity contribution in [3.63, 3.8) is 0 Å². The Bertz CT molecular complexity index is 915. The molecule has 26 heavy (non-hydrogen) atoms. The SMILES string of the molecule is Cc1c[n+](C)c(-c2cc(-c3ccccc3)ccc2C)cc1CC(C)(C)C. The van der Waals surface area contributed by atoms with Crippen molar-refractivity contribution in [2.75, 3.05) is 0 Å². The Morgan fingerprint density at radius 2 is 1.50 bits per heavy atom.